The lowest BCUT2D eigenvalue weighted by molar-refractivity contribution is -0.129. The molecule has 2 aromatic heterocycles. The van der Waals surface area contributed by atoms with Crippen LogP contribution in [0.3, 0.4) is 0 Å². The zero-order chi connectivity index (χ0) is 16.6. The predicted octanol–water partition coefficient (Wildman–Crippen LogP) is 1.26. The van der Waals surface area contributed by atoms with E-state index in [9.17, 15) is 4.79 Å². The van der Waals surface area contributed by atoms with Gasteiger partial charge in [-0.05, 0) is 38.5 Å². The molecule has 122 valence electrons. The van der Waals surface area contributed by atoms with Crippen molar-refractivity contribution in [2.45, 2.75) is 27.7 Å². The molecule has 0 saturated carbocycles. The number of nitrogens with zero attached hydrogens (tertiary/aromatic N) is 6. The van der Waals surface area contributed by atoms with Gasteiger partial charge in [0.15, 0.2) is 11.6 Å². The second-order valence-electron chi connectivity index (χ2n) is 5.95. The summed E-state index contributed by atoms with van der Waals surface area (Å²) in [5.74, 6) is 1.70. The maximum Gasteiger partial charge on any atom is 0.219 e. The number of aryl methyl sites for hydroxylation is 1. The number of carbonyl (C=O) groups is 1. The Kier molecular flexibility index (Phi) is 4.02. The number of anilines is 1. The Labute approximate surface area is 135 Å². The van der Waals surface area contributed by atoms with Crippen LogP contribution in [0.2, 0.25) is 0 Å². The maximum atomic E-state index is 11.4. The standard InChI is InChI=1S/C16H22N6O/c1-11-12(2)19-22(13(11)3)16-6-5-15(17-18-16)21-9-7-20(8-10-21)14(4)23/h5-6H,7-10H2,1-4H3. The van der Waals surface area contributed by atoms with E-state index in [2.05, 4.69) is 27.1 Å². The van der Waals surface area contributed by atoms with Crippen LogP contribution in [0.4, 0.5) is 5.82 Å². The molecule has 1 aliphatic rings. The molecule has 7 nitrogen and oxygen atoms in total. The Balaban J connectivity index is 1.75. The lowest BCUT2D eigenvalue weighted by Gasteiger charge is -2.34. The highest BCUT2D eigenvalue weighted by atomic mass is 16.2. The zero-order valence-corrected chi connectivity index (χ0v) is 14.1. The van der Waals surface area contributed by atoms with Crippen molar-refractivity contribution < 1.29 is 4.79 Å². The molecule has 0 atom stereocenters. The number of rotatable bonds is 2. The van der Waals surface area contributed by atoms with Gasteiger partial charge in [-0.3, -0.25) is 4.79 Å². The van der Waals surface area contributed by atoms with Crippen molar-refractivity contribution in [1.29, 1.82) is 0 Å². The highest BCUT2D eigenvalue weighted by Crippen LogP contribution is 2.17. The molecule has 0 spiro atoms. The molecule has 1 fully saturated rings. The van der Waals surface area contributed by atoms with Gasteiger partial charge in [-0.25, -0.2) is 4.68 Å². The van der Waals surface area contributed by atoms with Gasteiger partial charge in [0, 0.05) is 38.8 Å². The van der Waals surface area contributed by atoms with Crippen LogP contribution in [-0.4, -0.2) is 57.0 Å². The molecule has 0 aromatic carbocycles. The molecule has 23 heavy (non-hydrogen) atoms. The number of amides is 1. The van der Waals surface area contributed by atoms with E-state index in [-0.39, 0.29) is 5.91 Å². The number of aromatic nitrogens is 4. The molecule has 1 amide bonds. The molecule has 0 N–H and O–H groups in total. The molecule has 3 rings (SSSR count). The molecular formula is C16H22N6O. The van der Waals surface area contributed by atoms with E-state index in [1.807, 2.05) is 35.6 Å². The first-order valence-corrected chi connectivity index (χ1v) is 7.84. The fourth-order valence-electron chi connectivity index (χ4n) is 2.79. The summed E-state index contributed by atoms with van der Waals surface area (Å²) in [6.07, 6.45) is 0. The van der Waals surface area contributed by atoms with Gasteiger partial charge in [0.05, 0.1) is 5.69 Å². The summed E-state index contributed by atoms with van der Waals surface area (Å²) in [6, 6.07) is 3.91. The minimum atomic E-state index is 0.131. The van der Waals surface area contributed by atoms with Gasteiger partial charge in [-0.1, -0.05) is 0 Å². The maximum absolute atomic E-state index is 11.4. The molecule has 0 unspecified atom stereocenters. The van der Waals surface area contributed by atoms with Gasteiger partial charge in [-0.15, -0.1) is 10.2 Å². The van der Waals surface area contributed by atoms with Gasteiger partial charge in [-0.2, -0.15) is 5.10 Å². The normalized spacial score (nSPS) is 15.1. The molecule has 0 bridgehead atoms. The van der Waals surface area contributed by atoms with Crippen molar-refractivity contribution >= 4 is 11.7 Å². The van der Waals surface area contributed by atoms with E-state index >= 15 is 0 Å². The van der Waals surface area contributed by atoms with Gasteiger partial charge < -0.3 is 9.80 Å². The smallest absolute Gasteiger partial charge is 0.219 e. The fourth-order valence-corrected chi connectivity index (χ4v) is 2.79. The number of hydrogen-bond acceptors (Lipinski definition) is 5. The Morgan fingerprint density at radius 1 is 1.00 bits per heavy atom. The van der Waals surface area contributed by atoms with Gasteiger partial charge in [0.2, 0.25) is 5.91 Å². The third-order valence-electron chi connectivity index (χ3n) is 4.56. The third kappa shape index (κ3) is 2.91. The monoisotopic (exact) mass is 314 g/mol. The SMILES string of the molecule is CC(=O)N1CCN(c2ccc(-n3nc(C)c(C)c3C)nn2)CC1. The Morgan fingerprint density at radius 2 is 1.61 bits per heavy atom. The Morgan fingerprint density at radius 3 is 2.09 bits per heavy atom. The fraction of sp³-hybridized carbons (Fsp3) is 0.500. The molecule has 1 aliphatic heterocycles. The minimum absolute atomic E-state index is 0.131. The average Bonchev–Trinajstić information content (AvgIpc) is 2.83. The first-order chi connectivity index (χ1) is 11.0. The van der Waals surface area contributed by atoms with E-state index in [0.717, 1.165) is 49.2 Å². The van der Waals surface area contributed by atoms with E-state index in [1.54, 1.807) is 6.92 Å². The second-order valence-corrected chi connectivity index (χ2v) is 5.95. The van der Waals surface area contributed by atoms with E-state index in [4.69, 9.17) is 0 Å². The zero-order valence-electron chi connectivity index (χ0n) is 14.1. The van der Waals surface area contributed by atoms with Crippen LogP contribution >= 0.6 is 0 Å². The Hall–Kier alpha value is -2.44. The molecule has 7 heteroatoms. The van der Waals surface area contributed by atoms with Crippen LogP contribution in [0.1, 0.15) is 23.9 Å². The first-order valence-electron chi connectivity index (χ1n) is 7.84. The summed E-state index contributed by atoms with van der Waals surface area (Å²) in [5, 5.41) is 13.2. The summed E-state index contributed by atoms with van der Waals surface area (Å²) in [5.41, 5.74) is 3.27. The van der Waals surface area contributed by atoms with Gasteiger partial charge in [0.1, 0.15) is 0 Å². The third-order valence-corrected chi connectivity index (χ3v) is 4.56. The summed E-state index contributed by atoms with van der Waals surface area (Å²) in [6.45, 7) is 10.7. The average molecular weight is 314 g/mol. The van der Waals surface area contributed by atoms with Crippen LogP contribution in [-0.2, 0) is 4.79 Å². The topological polar surface area (TPSA) is 67.2 Å². The van der Waals surface area contributed by atoms with Crippen molar-refractivity contribution in [1.82, 2.24) is 24.9 Å². The van der Waals surface area contributed by atoms with E-state index in [0.29, 0.717) is 0 Å². The summed E-state index contributed by atoms with van der Waals surface area (Å²) < 4.78 is 1.83. The summed E-state index contributed by atoms with van der Waals surface area (Å²) in [7, 11) is 0. The Bertz CT molecular complexity index is 713. The van der Waals surface area contributed by atoms with Crippen LogP contribution in [0.25, 0.3) is 5.82 Å². The van der Waals surface area contributed by atoms with E-state index < -0.39 is 0 Å². The quantitative estimate of drug-likeness (QED) is 0.835. The van der Waals surface area contributed by atoms with Crippen LogP contribution in [0.15, 0.2) is 12.1 Å². The van der Waals surface area contributed by atoms with Crippen molar-refractivity contribution in [2.24, 2.45) is 0 Å². The lowest BCUT2D eigenvalue weighted by atomic mass is 10.2. The molecular weight excluding hydrogens is 292 g/mol. The second kappa shape index (κ2) is 5.98. The molecule has 3 heterocycles. The molecule has 2 aromatic rings. The van der Waals surface area contributed by atoms with Gasteiger partial charge in [0.25, 0.3) is 0 Å². The first kappa shape index (κ1) is 15.5. The predicted molar refractivity (Wildman–Crippen MR) is 87.8 cm³/mol. The van der Waals surface area contributed by atoms with Crippen molar-refractivity contribution in [2.75, 3.05) is 31.1 Å². The minimum Gasteiger partial charge on any atom is -0.352 e. The number of carbonyl (C=O) groups excluding carboxylic acids is 1. The highest BCUT2D eigenvalue weighted by Gasteiger charge is 2.20. The molecule has 0 radical (unpaired) electrons. The van der Waals surface area contributed by atoms with Gasteiger partial charge >= 0.3 is 0 Å². The van der Waals surface area contributed by atoms with Crippen LogP contribution < -0.4 is 4.90 Å². The largest absolute Gasteiger partial charge is 0.352 e. The van der Waals surface area contributed by atoms with Crippen molar-refractivity contribution in [3.05, 3.63) is 29.1 Å². The highest BCUT2D eigenvalue weighted by molar-refractivity contribution is 5.73. The van der Waals surface area contributed by atoms with Crippen LogP contribution in [0, 0.1) is 20.8 Å². The van der Waals surface area contributed by atoms with E-state index in [1.165, 1.54) is 5.56 Å². The molecule has 0 aliphatic carbocycles. The number of hydrogen-bond donors (Lipinski definition) is 0. The molecule has 1 saturated heterocycles. The lowest BCUT2D eigenvalue weighted by Crippen LogP contribution is -2.48. The van der Waals surface area contributed by atoms with Crippen molar-refractivity contribution in [3.63, 3.8) is 0 Å². The summed E-state index contributed by atoms with van der Waals surface area (Å²) in [4.78, 5) is 15.4. The van der Waals surface area contributed by atoms with Crippen molar-refractivity contribution in [3.8, 4) is 5.82 Å². The summed E-state index contributed by atoms with van der Waals surface area (Å²) >= 11 is 0. The number of piperazine rings is 1. The van der Waals surface area contributed by atoms with Crippen LogP contribution in [0.5, 0.6) is 0 Å².